The third-order valence-corrected chi connectivity index (χ3v) is 5.66. The van der Waals surface area contributed by atoms with Crippen molar-refractivity contribution in [3.8, 4) is 0 Å². The first-order valence-electron chi connectivity index (χ1n) is 9.45. The average molecular weight is 411 g/mol. The van der Waals surface area contributed by atoms with Crippen LogP contribution in [0.2, 0.25) is 0 Å². The summed E-state index contributed by atoms with van der Waals surface area (Å²) in [7, 11) is 0. The fourth-order valence-electron chi connectivity index (χ4n) is 4.08. The molecule has 0 amide bonds. The summed E-state index contributed by atoms with van der Waals surface area (Å²) < 4.78 is 40.3. The summed E-state index contributed by atoms with van der Waals surface area (Å²) in [6.07, 6.45) is -0.570. The molecule has 2 aliphatic rings. The number of pyridine rings is 2. The van der Waals surface area contributed by atoms with Crippen LogP contribution in [0.4, 0.5) is 13.2 Å². The number of nitrogens with zero attached hydrogens (tertiary/aromatic N) is 3. The zero-order chi connectivity index (χ0) is 21.0. The van der Waals surface area contributed by atoms with Crippen molar-refractivity contribution in [2.75, 3.05) is 6.61 Å². The molecule has 1 aliphatic heterocycles. The van der Waals surface area contributed by atoms with Gasteiger partial charge in [-0.3, -0.25) is 14.3 Å². The summed E-state index contributed by atoms with van der Waals surface area (Å²) in [6, 6.07) is 10.2. The third-order valence-electron chi connectivity index (χ3n) is 5.66. The zero-order valence-corrected chi connectivity index (χ0v) is 15.6. The minimum atomic E-state index is -4.42. The van der Waals surface area contributed by atoms with E-state index in [4.69, 9.17) is 0 Å². The first kappa shape index (κ1) is 18.7. The fourth-order valence-corrected chi connectivity index (χ4v) is 4.08. The average Bonchev–Trinajstić information content (AvgIpc) is 3.53. The number of halogens is 3. The van der Waals surface area contributed by atoms with E-state index in [1.165, 1.54) is 22.9 Å². The predicted molar refractivity (Wildman–Crippen MR) is 107 cm³/mol. The van der Waals surface area contributed by atoms with Gasteiger partial charge in [0.2, 0.25) is 0 Å². The molecule has 1 saturated carbocycles. The van der Waals surface area contributed by atoms with Crippen LogP contribution in [-0.2, 0) is 6.18 Å². The smallest absolute Gasteiger partial charge is 0.390 e. The number of fused-ring (bicyclic) bond motifs is 2. The van der Waals surface area contributed by atoms with E-state index in [2.05, 4.69) is 9.98 Å². The second kappa shape index (κ2) is 6.63. The molecule has 30 heavy (non-hydrogen) atoms. The summed E-state index contributed by atoms with van der Waals surface area (Å²) in [4.78, 5) is 21.8. The maximum atomic E-state index is 13.1. The summed E-state index contributed by atoms with van der Waals surface area (Å²) in [5.74, 6) is 0.378. The normalized spacial score (nSPS) is 20.9. The second-order valence-corrected chi connectivity index (χ2v) is 7.45. The van der Waals surface area contributed by atoms with Crippen LogP contribution < -0.4 is 5.56 Å². The van der Waals surface area contributed by atoms with Gasteiger partial charge in [-0.2, -0.15) is 13.2 Å². The molecule has 3 aromatic rings. The number of aliphatic imine (C=N–C) groups is 1. The molecule has 1 N–H and O–H groups in total. The van der Waals surface area contributed by atoms with Crippen LogP contribution in [0.1, 0.15) is 17.5 Å². The Morgan fingerprint density at radius 1 is 1.10 bits per heavy atom. The van der Waals surface area contributed by atoms with Crippen LogP contribution in [0.5, 0.6) is 0 Å². The highest BCUT2D eigenvalue weighted by Crippen LogP contribution is 2.54. The van der Waals surface area contributed by atoms with Crippen LogP contribution in [0.25, 0.3) is 22.3 Å². The van der Waals surface area contributed by atoms with E-state index in [-0.39, 0.29) is 29.5 Å². The molecule has 0 spiro atoms. The number of hydrogen-bond acceptors (Lipinski definition) is 4. The number of hydrogen-bond donors (Lipinski definition) is 1. The van der Waals surface area contributed by atoms with Crippen molar-refractivity contribution in [1.29, 1.82) is 0 Å². The number of rotatable bonds is 3. The van der Waals surface area contributed by atoms with Gasteiger partial charge in [-0.05, 0) is 42.2 Å². The van der Waals surface area contributed by atoms with Crippen LogP contribution >= 0.6 is 0 Å². The number of alkyl halides is 3. The Morgan fingerprint density at radius 3 is 2.57 bits per heavy atom. The van der Waals surface area contributed by atoms with Gasteiger partial charge in [-0.25, -0.2) is 4.99 Å². The summed E-state index contributed by atoms with van der Waals surface area (Å²) >= 11 is 0. The van der Waals surface area contributed by atoms with Crippen molar-refractivity contribution < 1.29 is 18.3 Å². The van der Waals surface area contributed by atoms with Crippen molar-refractivity contribution in [1.82, 2.24) is 9.55 Å². The molecule has 1 fully saturated rings. The molecule has 0 saturated heterocycles. The summed E-state index contributed by atoms with van der Waals surface area (Å²) in [5.41, 5.74) is 1.05. The zero-order valence-electron chi connectivity index (χ0n) is 15.6. The number of allylic oxidation sites excluding steroid dienone is 1. The molecule has 2 aromatic heterocycles. The van der Waals surface area contributed by atoms with Gasteiger partial charge in [-0.1, -0.05) is 18.2 Å². The van der Waals surface area contributed by atoms with Crippen LogP contribution in [0, 0.1) is 11.8 Å². The Hall–Kier alpha value is -3.26. The molecule has 0 radical (unpaired) electrons. The van der Waals surface area contributed by atoms with Gasteiger partial charge in [0, 0.05) is 35.0 Å². The van der Waals surface area contributed by atoms with Crippen LogP contribution in [0.3, 0.4) is 0 Å². The van der Waals surface area contributed by atoms with Crippen molar-refractivity contribution in [3.05, 3.63) is 76.3 Å². The lowest BCUT2D eigenvalue weighted by atomic mass is 9.95. The maximum Gasteiger partial charge on any atom is 0.416 e. The third kappa shape index (κ3) is 2.95. The SMILES string of the molecule is O=c1c2ncccc2ccn1C1=C(c2ccc(C(F)(F)F)cc2)C2CC2C(CO)=N1. The molecular weight excluding hydrogens is 395 g/mol. The number of aromatic nitrogens is 2. The van der Waals surface area contributed by atoms with Crippen molar-refractivity contribution in [2.24, 2.45) is 16.8 Å². The Bertz CT molecular complexity index is 1270. The number of aliphatic hydroxyl groups excluding tert-OH is 1. The molecular formula is C22H16F3N3O2. The molecule has 1 aromatic carbocycles. The minimum absolute atomic E-state index is 0.00252. The first-order valence-corrected chi connectivity index (χ1v) is 9.45. The van der Waals surface area contributed by atoms with E-state index in [1.54, 1.807) is 24.4 Å². The summed E-state index contributed by atoms with van der Waals surface area (Å²) in [5, 5.41) is 10.4. The topological polar surface area (TPSA) is 67.5 Å². The molecule has 1 aliphatic carbocycles. The molecule has 3 heterocycles. The molecule has 152 valence electrons. The Morgan fingerprint density at radius 2 is 1.87 bits per heavy atom. The van der Waals surface area contributed by atoms with Gasteiger partial charge in [0.25, 0.3) is 5.56 Å². The molecule has 2 unspecified atom stereocenters. The van der Waals surface area contributed by atoms with Gasteiger partial charge in [0.1, 0.15) is 11.3 Å². The van der Waals surface area contributed by atoms with E-state index >= 15 is 0 Å². The van der Waals surface area contributed by atoms with Crippen molar-refractivity contribution in [3.63, 3.8) is 0 Å². The van der Waals surface area contributed by atoms with Gasteiger partial charge in [0.15, 0.2) is 0 Å². The van der Waals surface area contributed by atoms with E-state index in [1.807, 2.05) is 0 Å². The molecule has 8 heteroatoms. The van der Waals surface area contributed by atoms with E-state index in [0.29, 0.717) is 28.1 Å². The Labute approximate surface area is 168 Å². The molecule has 5 rings (SSSR count). The van der Waals surface area contributed by atoms with Gasteiger partial charge < -0.3 is 5.11 Å². The van der Waals surface area contributed by atoms with Gasteiger partial charge in [0.05, 0.1) is 12.2 Å². The monoisotopic (exact) mass is 411 g/mol. The molecule has 0 bridgehead atoms. The number of benzene rings is 1. The Balaban J connectivity index is 1.73. The highest BCUT2D eigenvalue weighted by Gasteiger charge is 2.48. The predicted octanol–water partition coefficient (Wildman–Crippen LogP) is 3.82. The number of aliphatic hydroxyl groups is 1. The highest BCUT2D eigenvalue weighted by atomic mass is 19.4. The lowest BCUT2D eigenvalue weighted by Gasteiger charge is -2.20. The van der Waals surface area contributed by atoms with E-state index in [9.17, 15) is 23.1 Å². The Kier molecular flexibility index (Phi) is 4.14. The summed E-state index contributed by atoms with van der Waals surface area (Å²) in [6.45, 7) is -0.231. The molecule has 2 atom stereocenters. The van der Waals surface area contributed by atoms with Crippen molar-refractivity contribution >= 4 is 28.0 Å². The van der Waals surface area contributed by atoms with Crippen molar-refractivity contribution in [2.45, 2.75) is 12.6 Å². The highest BCUT2D eigenvalue weighted by molar-refractivity contribution is 6.04. The van der Waals surface area contributed by atoms with E-state index in [0.717, 1.165) is 18.6 Å². The second-order valence-electron chi connectivity index (χ2n) is 7.45. The molecule has 5 nitrogen and oxygen atoms in total. The lowest BCUT2D eigenvalue weighted by Crippen LogP contribution is -2.24. The minimum Gasteiger partial charge on any atom is -0.390 e. The van der Waals surface area contributed by atoms with Crippen LogP contribution in [0.15, 0.2) is 64.6 Å². The van der Waals surface area contributed by atoms with Crippen LogP contribution in [-0.4, -0.2) is 27.0 Å². The standard InChI is InChI=1S/C22H16F3N3O2/c23-22(24,25)14-5-3-12(4-6-14)18-16-10-15(16)17(11-29)27-20(18)28-9-7-13-2-1-8-26-19(13)21(28)30/h1-9,15-16,29H,10-11H2. The van der Waals surface area contributed by atoms with Gasteiger partial charge >= 0.3 is 6.18 Å². The fraction of sp³-hybridized carbons (Fsp3) is 0.227. The lowest BCUT2D eigenvalue weighted by molar-refractivity contribution is -0.137. The maximum absolute atomic E-state index is 13.1. The quantitative estimate of drug-likeness (QED) is 0.713. The first-order chi connectivity index (χ1) is 14.4. The largest absolute Gasteiger partial charge is 0.416 e. The van der Waals surface area contributed by atoms with Gasteiger partial charge in [-0.15, -0.1) is 0 Å². The van der Waals surface area contributed by atoms with E-state index < -0.39 is 11.7 Å².